The van der Waals surface area contributed by atoms with Crippen LogP contribution in [0.1, 0.15) is 26.9 Å². The van der Waals surface area contributed by atoms with Crippen molar-refractivity contribution in [3.63, 3.8) is 0 Å². The van der Waals surface area contributed by atoms with Gasteiger partial charge in [0.05, 0.1) is 12.0 Å². The van der Waals surface area contributed by atoms with Crippen molar-refractivity contribution in [1.29, 1.82) is 0 Å². The first kappa shape index (κ1) is 18.4. The van der Waals surface area contributed by atoms with Crippen LogP contribution in [0.4, 0.5) is 0 Å². The number of hydrogen-bond donors (Lipinski definition) is 0. The molecule has 0 spiro atoms. The maximum atomic E-state index is 13.1. The van der Waals surface area contributed by atoms with Gasteiger partial charge >= 0.3 is 0 Å². The Morgan fingerprint density at radius 2 is 1.69 bits per heavy atom. The molecule has 0 fully saturated rings. The molecule has 26 heavy (non-hydrogen) atoms. The van der Waals surface area contributed by atoms with E-state index in [9.17, 15) is 13.2 Å². The van der Waals surface area contributed by atoms with Crippen LogP contribution in [0.25, 0.3) is 0 Å². The summed E-state index contributed by atoms with van der Waals surface area (Å²) in [4.78, 5) is 13.6. The molecule has 0 unspecified atom stereocenters. The van der Waals surface area contributed by atoms with Crippen molar-refractivity contribution in [2.45, 2.75) is 16.6 Å². The van der Waals surface area contributed by atoms with Gasteiger partial charge < -0.3 is 4.74 Å². The molecule has 0 saturated heterocycles. The van der Waals surface area contributed by atoms with Crippen LogP contribution in [0.15, 0.2) is 77.0 Å². The molecule has 2 aromatic carbocycles. The molecule has 3 rings (SSSR count). The zero-order valence-corrected chi connectivity index (χ0v) is 15.8. The SMILES string of the molecule is COc1ccc(C(=O)C[C@H](c2cccs2)S(=O)(=O)c2ccccc2)cc1. The van der Waals surface area contributed by atoms with Gasteiger partial charge in [-0.05, 0) is 47.8 Å². The summed E-state index contributed by atoms with van der Waals surface area (Å²) in [6.45, 7) is 0. The Balaban J connectivity index is 1.94. The number of methoxy groups -OCH3 is 1. The van der Waals surface area contributed by atoms with Gasteiger partial charge in [0.1, 0.15) is 11.0 Å². The highest BCUT2D eigenvalue weighted by Crippen LogP contribution is 2.35. The van der Waals surface area contributed by atoms with Gasteiger partial charge in [0.15, 0.2) is 15.6 Å². The van der Waals surface area contributed by atoms with Crippen LogP contribution in [-0.4, -0.2) is 21.3 Å². The zero-order valence-electron chi connectivity index (χ0n) is 14.2. The monoisotopic (exact) mass is 386 g/mol. The molecule has 3 aromatic rings. The summed E-state index contributed by atoms with van der Waals surface area (Å²) >= 11 is 1.34. The molecule has 0 saturated carbocycles. The maximum absolute atomic E-state index is 13.1. The van der Waals surface area contributed by atoms with Crippen molar-refractivity contribution in [3.8, 4) is 5.75 Å². The summed E-state index contributed by atoms with van der Waals surface area (Å²) in [5, 5.41) is 0.917. The Bertz CT molecular complexity index is 960. The molecule has 0 radical (unpaired) electrons. The van der Waals surface area contributed by atoms with Gasteiger partial charge in [0.25, 0.3) is 0 Å². The lowest BCUT2D eigenvalue weighted by Gasteiger charge is -2.16. The van der Waals surface area contributed by atoms with Gasteiger partial charge in [0.2, 0.25) is 0 Å². The Morgan fingerprint density at radius 1 is 1.00 bits per heavy atom. The van der Waals surface area contributed by atoms with Crippen LogP contribution in [0.5, 0.6) is 5.75 Å². The van der Waals surface area contributed by atoms with Crippen LogP contribution in [-0.2, 0) is 9.84 Å². The molecule has 1 atom stereocenters. The van der Waals surface area contributed by atoms with E-state index in [1.54, 1.807) is 73.8 Å². The lowest BCUT2D eigenvalue weighted by molar-refractivity contribution is 0.0981. The molecule has 6 heteroatoms. The molecule has 134 valence electrons. The van der Waals surface area contributed by atoms with Crippen LogP contribution >= 0.6 is 11.3 Å². The van der Waals surface area contributed by atoms with Gasteiger partial charge in [0, 0.05) is 16.9 Å². The van der Waals surface area contributed by atoms with E-state index in [1.165, 1.54) is 11.3 Å². The van der Waals surface area contributed by atoms with Crippen LogP contribution in [0.2, 0.25) is 0 Å². The third-order valence-corrected chi connectivity index (χ3v) is 7.32. The van der Waals surface area contributed by atoms with E-state index in [0.29, 0.717) is 16.2 Å². The molecule has 0 aliphatic heterocycles. The quantitative estimate of drug-likeness (QED) is 0.559. The minimum atomic E-state index is -3.68. The number of sulfone groups is 1. The van der Waals surface area contributed by atoms with Crippen molar-refractivity contribution in [3.05, 3.63) is 82.6 Å². The van der Waals surface area contributed by atoms with Gasteiger partial charge in [-0.1, -0.05) is 24.3 Å². The number of benzene rings is 2. The highest BCUT2D eigenvalue weighted by Gasteiger charge is 2.32. The van der Waals surface area contributed by atoms with Crippen molar-refractivity contribution >= 4 is 27.0 Å². The van der Waals surface area contributed by atoms with Crippen molar-refractivity contribution in [1.82, 2.24) is 0 Å². The van der Waals surface area contributed by atoms with E-state index in [2.05, 4.69) is 0 Å². The third kappa shape index (κ3) is 3.86. The van der Waals surface area contributed by atoms with E-state index in [4.69, 9.17) is 4.74 Å². The molecular weight excluding hydrogens is 368 g/mol. The lowest BCUT2D eigenvalue weighted by atomic mass is 10.1. The van der Waals surface area contributed by atoms with Crippen LogP contribution in [0, 0.1) is 0 Å². The smallest absolute Gasteiger partial charge is 0.186 e. The lowest BCUT2D eigenvalue weighted by Crippen LogP contribution is -2.17. The first-order valence-electron chi connectivity index (χ1n) is 8.02. The molecule has 0 bridgehead atoms. The minimum Gasteiger partial charge on any atom is -0.497 e. The van der Waals surface area contributed by atoms with Crippen LogP contribution < -0.4 is 4.74 Å². The molecule has 4 nitrogen and oxygen atoms in total. The predicted molar refractivity (Wildman–Crippen MR) is 103 cm³/mol. The Labute approximate surface area is 157 Å². The maximum Gasteiger partial charge on any atom is 0.186 e. The summed E-state index contributed by atoms with van der Waals surface area (Å²) < 4.78 is 31.4. The highest BCUT2D eigenvalue weighted by atomic mass is 32.2. The van der Waals surface area contributed by atoms with Gasteiger partial charge in [-0.2, -0.15) is 0 Å². The number of ketones is 1. The zero-order chi connectivity index (χ0) is 18.6. The molecule has 1 heterocycles. The topological polar surface area (TPSA) is 60.4 Å². The van der Waals surface area contributed by atoms with Crippen LogP contribution in [0.3, 0.4) is 0 Å². The number of rotatable bonds is 7. The Hall–Kier alpha value is -2.44. The first-order chi connectivity index (χ1) is 12.5. The molecule has 0 aliphatic carbocycles. The van der Waals surface area contributed by atoms with Gasteiger partial charge in [-0.25, -0.2) is 8.42 Å². The summed E-state index contributed by atoms with van der Waals surface area (Å²) in [6.07, 6.45) is -0.107. The number of Topliss-reactive ketones (excluding diaryl/α,β-unsaturated/α-hetero) is 1. The number of carbonyl (C=O) groups excluding carboxylic acids is 1. The fourth-order valence-corrected chi connectivity index (χ4v) is 5.55. The second-order valence-corrected chi connectivity index (χ2v) is 8.83. The fourth-order valence-electron chi connectivity index (χ4n) is 2.68. The second kappa shape index (κ2) is 7.85. The molecule has 0 N–H and O–H groups in total. The third-order valence-electron chi connectivity index (χ3n) is 4.09. The highest BCUT2D eigenvalue weighted by molar-refractivity contribution is 7.91. The van der Waals surface area contributed by atoms with Gasteiger partial charge in [-0.3, -0.25) is 4.79 Å². The van der Waals surface area contributed by atoms with Gasteiger partial charge in [-0.15, -0.1) is 11.3 Å². The summed E-state index contributed by atoms with van der Waals surface area (Å²) in [5.74, 6) is 0.429. The second-order valence-electron chi connectivity index (χ2n) is 5.72. The Morgan fingerprint density at radius 3 is 2.27 bits per heavy atom. The van der Waals surface area contributed by atoms with E-state index < -0.39 is 15.1 Å². The minimum absolute atomic E-state index is 0.107. The number of ether oxygens (including phenoxy) is 1. The summed E-state index contributed by atoms with van der Waals surface area (Å²) in [7, 11) is -2.12. The molecule has 1 aromatic heterocycles. The van der Waals surface area contributed by atoms with E-state index in [1.807, 2.05) is 5.38 Å². The fraction of sp³-hybridized carbons (Fsp3) is 0.150. The summed E-state index contributed by atoms with van der Waals surface area (Å²) in [6, 6.07) is 18.5. The number of carbonyl (C=O) groups is 1. The van der Waals surface area contributed by atoms with E-state index >= 15 is 0 Å². The standard InChI is InChI=1S/C20H18O4S2/c1-24-16-11-9-15(10-12-16)18(21)14-20(19-8-5-13-25-19)26(22,23)17-6-3-2-4-7-17/h2-13,20H,14H2,1H3/t20-/m1/s1. The Kier molecular flexibility index (Phi) is 5.54. The molecule has 0 aliphatic rings. The van der Waals surface area contributed by atoms with E-state index in [0.717, 1.165) is 0 Å². The molecular formula is C20H18O4S2. The normalized spacial score (nSPS) is 12.5. The summed E-state index contributed by atoms with van der Waals surface area (Å²) in [5.41, 5.74) is 0.468. The largest absolute Gasteiger partial charge is 0.497 e. The number of thiophene rings is 1. The van der Waals surface area contributed by atoms with E-state index in [-0.39, 0.29) is 17.1 Å². The molecule has 0 amide bonds. The van der Waals surface area contributed by atoms with Crippen molar-refractivity contribution < 1.29 is 17.9 Å². The number of hydrogen-bond acceptors (Lipinski definition) is 5. The average Bonchev–Trinajstić information content (AvgIpc) is 3.20. The predicted octanol–water partition coefficient (Wildman–Crippen LogP) is 4.54. The average molecular weight is 386 g/mol. The van der Waals surface area contributed by atoms with Crippen molar-refractivity contribution in [2.24, 2.45) is 0 Å². The first-order valence-corrected chi connectivity index (χ1v) is 10.4. The van der Waals surface area contributed by atoms with Crippen molar-refractivity contribution in [2.75, 3.05) is 7.11 Å².